The monoisotopic (exact) mass is 247 g/mol. The zero-order valence-electron chi connectivity index (χ0n) is 10.6. The Hall–Kier alpha value is -1.42. The minimum Gasteiger partial charge on any atom is -0.328 e. The zero-order valence-corrected chi connectivity index (χ0v) is 10.6. The van der Waals surface area contributed by atoms with E-state index >= 15 is 0 Å². The Labute approximate surface area is 106 Å². The summed E-state index contributed by atoms with van der Waals surface area (Å²) < 4.78 is 15.9. The predicted octanol–water partition coefficient (Wildman–Crippen LogP) is 2.79. The maximum atomic E-state index is 13.8. The molecule has 0 spiro atoms. The van der Waals surface area contributed by atoms with Gasteiger partial charge in [-0.25, -0.2) is 9.37 Å². The van der Waals surface area contributed by atoms with Gasteiger partial charge in [-0.3, -0.25) is 0 Å². The van der Waals surface area contributed by atoms with Gasteiger partial charge in [0.15, 0.2) is 5.82 Å². The smallest absolute Gasteiger partial charge is 0.151 e. The Balaban J connectivity index is 2.14. The fraction of sp³-hybridized carbons (Fsp3) is 0.500. The molecule has 0 unspecified atom stereocenters. The molecular weight excluding hydrogens is 229 g/mol. The quantitative estimate of drug-likeness (QED) is 0.886. The van der Waals surface area contributed by atoms with Gasteiger partial charge in [0.25, 0.3) is 0 Å². The molecule has 1 aliphatic carbocycles. The van der Waals surface area contributed by atoms with Crippen molar-refractivity contribution in [1.82, 2.24) is 9.55 Å². The Morgan fingerprint density at radius 3 is 2.94 bits per heavy atom. The highest BCUT2D eigenvalue weighted by Gasteiger charge is 2.28. The molecule has 1 aromatic heterocycles. The SMILES string of the molecule is CCn1c([C@@H]2CC[C@H](N)C2)nc2c(F)cccc21. The number of fused-ring (bicyclic) bond motifs is 1. The molecule has 0 aliphatic heterocycles. The van der Waals surface area contributed by atoms with Gasteiger partial charge in [0.05, 0.1) is 5.52 Å². The number of para-hydroxylation sites is 1. The van der Waals surface area contributed by atoms with Crippen molar-refractivity contribution >= 4 is 11.0 Å². The number of hydrogen-bond acceptors (Lipinski definition) is 2. The zero-order chi connectivity index (χ0) is 12.7. The summed E-state index contributed by atoms with van der Waals surface area (Å²) in [6.07, 6.45) is 3.07. The summed E-state index contributed by atoms with van der Waals surface area (Å²) in [5.41, 5.74) is 7.36. The second-order valence-corrected chi connectivity index (χ2v) is 5.09. The summed E-state index contributed by atoms with van der Waals surface area (Å²) in [5, 5.41) is 0. The van der Waals surface area contributed by atoms with Crippen LogP contribution in [0, 0.1) is 5.82 Å². The van der Waals surface area contributed by atoms with Crippen molar-refractivity contribution in [2.45, 2.75) is 44.7 Å². The molecule has 3 nitrogen and oxygen atoms in total. The lowest BCUT2D eigenvalue weighted by atomic mass is 10.1. The normalized spacial score (nSPS) is 23.9. The van der Waals surface area contributed by atoms with Crippen LogP contribution in [0.4, 0.5) is 4.39 Å². The number of nitrogens with two attached hydrogens (primary N) is 1. The first kappa shape index (κ1) is 11.7. The lowest BCUT2D eigenvalue weighted by molar-refractivity contribution is 0.597. The summed E-state index contributed by atoms with van der Waals surface area (Å²) in [4.78, 5) is 4.53. The lowest BCUT2D eigenvalue weighted by Crippen LogP contribution is -2.15. The third-order valence-electron chi connectivity index (χ3n) is 3.91. The maximum Gasteiger partial charge on any atom is 0.151 e. The highest BCUT2D eigenvalue weighted by Crippen LogP contribution is 2.35. The van der Waals surface area contributed by atoms with Gasteiger partial charge in [-0.15, -0.1) is 0 Å². The van der Waals surface area contributed by atoms with Gasteiger partial charge >= 0.3 is 0 Å². The van der Waals surface area contributed by atoms with Crippen molar-refractivity contribution in [2.75, 3.05) is 0 Å². The number of imidazole rings is 1. The maximum absolute atomic E-state index is 13.8. The van der Waals surface area contributed by atoms with Gasteiger partial charge in [-0.1, -0.05) is 6.07 Å². The number of benzene rings is 1. The van der Waals surface area contributed by atoms with Crippen LogP contribution >= 0.6 is 0 Å². The molecule has 0 saturated heterocycles. The molecule has 1 aliphatic rings. The van der Waals surface area contributed by atoms with E-state index in [-0.39, 0.29) is 11.9 Å². The topological polar surface area (TPSA) is 43.8 Å². The second-order valence-electron chi connectivity index (χ2n) is 5.09. The largest absolute Gasteiger partial charge is 0.328 e. The Kier molecular flexibility index (Phi) is 2.82. The number of nitrogens with zero attached hydrogens (tertiary/aromatic N) is 2. The number of halogens is 1. The minimum atomic E-state index is -0.233. The van der Waals surface area contributed by atoms with Crippen LogP contribution in [0.1, 0.15) is 37.9 Å². The van der Waals surface area contributed by atoms with E-state index in [0.717, 1.165) is 37.1 Å². The average Bonchev–Trinajstić information content (AvgIpc) is 2.93. The number of aryl methyl sites for hydroxylation is 1. The fourth-order valence-electron chi connectivity index (χ4n) is 3.03. The molecule has 96 valence electrons. The lowest BCUT2D eigenvalue weighted by Gasteiger charge is -2.11. The van der Waals surface area contributed by atoms with Crippen molar-refractivity contribution in [1.29, 1.82) is 0 Å². The molecule has 2 aromatic rings. The van der Waals surface area contributed by atoms with E-state index in [4.69, 9.17) is 5.73 Å². The molecule has 2 N–H and O–H groups in total. The second kappa shape index (κ2) is 4.35. The van der Waals surface area contributed by atoms with Crippen molar-refractivity contribution in [3.05, 3.63) is 29.8 Å². The highest BCUT2D eigenvalue weighted by atomic mass is 19.1. The molecule has 1 aromatic carbocycles. The van der Waals surface area contributed by atoms with Gasteiger partial charge in [0.2, 0.25) is 0 Å². The van der Waals surface area contributed by atoms with Gasteiger partial charge in [0, 0.05) is 18.5 Å². The standard InChI is InChI=1S/C14H18FN3/c1-2-18-12-5-3-4-11(15)13(12)17-14(18)9-6-7-10(16)8-9/h3-5,9-10H,2,6-8,16H2,1H3/t9-,10+/m1/s1. The van der Waals surface area contributed by atoms with Crippen LogP contribution in [0.15, 0.2) is 18.2 Å². The Bertz CT molecular complexity index is 576. The van der Waals surface area contributed by atoms with Crippen LogP contribution in [-0.2, 0) is 6.54 Å². The van der Waals surface area contributed by atoms with Crippen LogP contribution in [0.3, 0.4) is 0 Å². The molecule has 3 rings (SSSR count). The van der Waals surface area contributed by atoms with E-state index in [1.54, 1.807) is 6.07 Å². The predicted molar refractivity (Wildman–Crippen MR) is 69.9 cm³/mol. The highest BCUT2D eigenvalue weighted by molar-refractivity contribution is 5.76. The number of rotatable bonds is 2. The fourth-order valence-corrected chi connectivity index (χ4v) is 3.03. The molecule has 0 amide bonds. The third-order valence-corrected chi connectivity index (χ3v) is 3.91. The first-order valence-electron chi connectivity index (χ1n) is 6.61. The van der Waals surface area contributed by atoms with Crippen molar-refractivity contribution in [2.24, 2.45) is 5.73 Å². The molecule has 1 fully saturated rings. The summed E-state index contributed by atoms with van der Waals surface area (Å²) in [7, 11) is 0. The van der Waals surface area contributed by atoms with Crippen LogP contribution in [0.2, 0.25) is 0 Å². The van der Waals surface area contributed by atoms with Crippen LogP contribution in [0.5, 0.6) is 0 Å². The summed E-state index contributed by atoms with van der Waals surface area (Å²) in [6, 6.07) is 5.42. The van der Waals surface area contributed by atoms with Gasteiger partial charge in [0.1, 0.15) is 11.3 Å². The van der Waals surface area contributed by atoms with E-state index in [9.17, 15) is 4.39 Å². The van der Waals surface area contributed by atoms with Crippen molar-refractivity contribution < 1.29 is 4.39 Å². The summed E-state index contributed by atoms with van der Waals surface area (Å²) in [5.74, 6) is 1.15. The van der Waals surface area contributed by atoms with E-state index in [0.29, 0.717) is 11.4 Å². The molecule has 1 heterocycles. The molecular formula is C14H18FN3. The van der Waals surface area contributed by atoms with Gasteiger partial charge in [-0.2, -0.15) is 0 Å². The number of aromatic nitrogens is 2. The van der Waals surface area contributed by atoms with Crippen LogP contribution < -0.4 is 5.73 Å². The summed E-state index contributed by atoms with van der Waals surface area (Å²) >= 11 is 0. The van der Waals surface area contributed by atoms with E-state index < -0.39 is 0 Å². The molecule has 4 heteroatoms. The number of hydrogen-bond donors (Lipinski definition) is 1. The molecule has 18 heavy (non-hydrogen) atoms. The third kappa shape index (κ3) is 1.72. The van der Waals surface area contributed by atoms with Crippen LogP contribution in [0.25, 0.3) is 11.0 Å². The average molecular weight is 247 g/mol. The van der Waals surface area contributed by atoms with E-state index in [1.165, 1.54) is 6.07 Å². The minimum absolute atomic E-state index is 0.233. The molecule has 0 radical (unpaired) electrons. The van der Waals surface area contributed by atoms with Crippen molar-refractivity contribution in [3.63, 3.8) is 0 Å². The first-order chi connectivity index (χ1) is 8.70. The van der Waals surface area contributed by atoms with Gasteiger partial charge < -0.3 is 10.3 Å². The van der Waals surface area contributed by atoms with Crippen molar-refractivity contribution in [3.8, 4) is 0 Å². The Morgan fingerprint density at radius 2 is 2.28 bits per heavy atom. The van der Waals surface area contributed by atoms with E-state index in [2.05, 4.69) is 16.5 Å². The Morgan fingerprint density at radius 1 is 1.44 bits per heavy atom. The molecule has 0 bridgehead atoms. The summed E-state index contributed by atoms with van der Waals surface area (Å²) in [6.45, 7) is 2.89. The van der Waals surface area contributed by atoms with Gasteiger partial charge in [-0.05, 0) is 38.3 Å². The van der Waals surface area contributed by atoms with E-state index in [1.807, 2.05) is 6.07 Å². The van der Waals surface area contributed by atoms with Crippen LogP contribution in [-0.4, -0.2) is 15.6 Å². The first-order valence-corrected chi connectivity index (χ1v) is 6.61. The molecule has 1 saturated carbocycles. The molecule has 2 atom stereocenters.